The molecule has 3 fully saturated rings. The number of aliphatic imine (C=N–C) groups is 1. The van der Waals surface area contributed by atoms with E-state index in [0.29, 0.717) is 0 Å². The lowest BCUT2D eigenvalue weighted by molar-refractivity contribution is 0.299. The van der Waals surface area contributed by atoms with Crippen LogP contribution in [0.5, 0.6) is 0 Å². The fraction of sp³-hybridized carbons (Fsp3) is 0.938. The monoisotopic (exact) mass is 406 g/mol. The minimum atomic E-state index is 0. The van der Waals surface area contributed by atoms with Gasteiger partial charge in [0.1, 0.15) is 0 Å². The second kappa shape index (κ2) is 7.99. The molecule has 0 spiro atoms. The Kier molecular flexibility index (Phi) is 6.59. The third kappa shape index (κ3) is 4.47. The summed E-state index contributed by atoms with van der Waals surface area (Å²) in [7, 11) is 4.17. The fourth-order valence-electron chi connectivity index (χ4n) is 3.95. The Bertz CT molecular complexity index is 342. The van der Waals surface area contributed by atoms with Crippen molar-refractivity contribution in [2.45, 2.75) is 44.6 Å². The maximum absolute atomic E-state index is 4.50. The van der Waals surface area contributed by atoms with E-state index in [2.05, 4.69) is 27.2 Å². The largest absolute Gasteiger partial charge is 0.355 e. The van der Waals surface area contributed by atoms with E-state index in [1.807, 2.05) is 7.05 Å². The Morgan fingerprint density at radius 2 is 1.76 bits per heavy atom. The molecule has 0 amide bonds. The third-order valence-electron chi connectivity index (χ3n) is 5.41. The summed E-state index contributed by atoms with van der Waals surface area (Å²) in [5.74, 6) is 2.98. The van der Waals surface area contributed by atoms with E-state index in [1.54, 1.807) is 0 Å². The molecule has 122 valence electrons. The number of halogens is 1. The van der Waals surface area contributed by atoms with Crippen LogP contribution in [-0.2, 0) is 0 Å². The molecule has 1 heterocycles. The summed E-state index contributed by atoms with van der Waals surface area (Å²) in [5.41, 5.74) is 0. The van der Waals surface area contributed by atoms with Gasteiger partial charge in [-0.2, -0.15) is 0 Å². The molecule has 0 bridgehead atoms. The molecule has 3 aliphatic rings. The average Bonchev–Trinajstić information content (AvgIpc) is 3.22. The van der Waals surface area contributed by atoms with Gasteiger partial charge < -0.3 is 15.1 Å². The number of fused-ring (bicyclic) bond motifs is 1. The van der Waals surface area contributed by atoms with E-state index in [4.69, 9.17) is 0 Å². The molecule has 0 aromatic heterocycles. The van der Waals surface area contributed by atoms with Crippen LogP contribution >= 0.6 is 24.0 Å². The van der Waals surface area contributed by atoms with Gasteiger partial charge in [-0.1, -0.05) is 12.8 Å². The van der Waals surface area contributed by atoms with Crippen LogP contribution in [0.25, 0.3) is 0 Å². The summed E-state index contributed by atoms with van der Waals surface area (Å²) < 4.78 is 0. The molecule has 4 nitrogen and oxygen atoms in total. The summed E-state index contributed by atoms with van der Waals surface area (Å²) in [6.07, 6.45) is 8.52. The van der Waals surface area contributed by atoms with Crippen LogP contribution in [0.2, 0.25) is 0 Å². The van der Waals surface area contributed by atoms with Gasteiger partial charge in [-0.3, -0.25) is 4.99 Å². The van der Waals surface area contributed by atoms with Crippen molar-refractivity contribution in [3.63, 3.8) is 0 Å². The number of likely N-dealkylation sites (N-methyl/N-ethyl adjacent to an activating group) is 1. The second-order valence-corrected chi connectivity index (χ2v) is 6.90. The number of hydrogen-bond donors (Lipinski definition) is 1. The maximum Gasteiger partial charge on any atom is 0.193 e. The number of nitrogens with one attached hydrogen (secondary N) is 1. The van der Waals surface area contributed by atoms with E-state index in [9.17, 15) is 0 Å². The Morgan fingerprint density at radius 3 is 2.29 bits per heavy atom. The van der Waals surface area contributed by atoms with Crippen LogP contribution in [0.15, 0.2) is 4.99 Å². The molecule has 2 saturated carbocycles. The van der Waals surface area contributed by atoms with E-state index < -0.39 is 0 Å². The molecule has 2 aliphatic carbocycles. The van der Waals surface area contributed by atoms with Gasteiger partial charge >= 0.3 is 0 Å². The third-order valence-corrected chi connectivity index (χ3v) is 5.41. The normalized spacial score (nSPS) is 29.3. The first-order valence-electron chi connectivity index (χ1n) is 8.43. The van der Waals surface area contributed by atoms with Crippen LogP contribution in [0.1, 0.15) is 38.5 Å². The first-order chi connectivity index (χ1) is 9.78. The van der Waals surface area contributed by atoms with Crippen molar-refractivity contribution in [1.29, 1.82) is 0 Å². The Balaban J connectivity index is 0.00000161. The highest BCUT2D eigenvalue weighted by atomic mass is 127. The van der Waals surface area contributed by atoms with Crippen LogP contribution in [0.3, 0.4) is 0 Å². The van der Waals surface area contributed by atoms with E-state index in [-0.39, 0.29) is 24.0 Å². The first kappa shape index (κ1) is 17.3. The van der Waals surface area contributed by atoms with Crippen molar-refractivity contribution in [2.24, 2.45) is 16.8 Å². The van der Waals surface area contributed by atoms with Crippen molar-refractivity contribution >= 4 is 29.9 Å². The molecule has 0 aromatic rings. The van der Waals surface area contributed by atoms with Gasteiger partial charge in [-0.15, -0.1) is 24.0 Å². The zero-order valence-electron chi connectivity index (χ0n) is 13.6. The average molecular weight is 406 g/mol. The molecule has 0 aromatic carbocycles. The fourth-order valence-corrected chi connectivity index (χ4v) is 3.95. The van der Waals surface area contributed by atoms with Gasteiger partial charge in [0.2, 0.25) is 0 Å². The molecule has 1 aliphatic heterocycles. The van der Waals surface area contributed by atoms with Crippen molar-refractivity contribution < 1.29 is 0 Å². The molecular weight excluding hydrogens is 375 g/mol. The Labute approximate surface area is 146 Å². The molecular formula is C16H31IN4. The zero-order valence-corrected chi connectivity index (χ0v) is 15.9. The quantitative estimate of drug-likeness (QED) is 0.442. The standard InChI is InChI=1S/C16H30N4.HI/c1-17-16(18-9-10-19(2)15-7-8-15)20-11-13-5-3-4-6-14(13)12-20;/h13-15H,3-12H2,1-2H3,(H,17,18);1H. The van der Waals surface area contributed by atoms with Crippen molar-refractivity contribution in [3.05, 3.63) is 0 Å². The first-order valence-corrected chi connectivity index (χ1v) is 8.43. The summed E-state index contributed by atoms with van der Waals surface area (Å²) in [5, 5.41) is 3.57. The number of likely N-dealkylation sites (tertiary alicyclic amines) is 1. The predicted molar refractivity (Wildman–Crippen MR) is 99.4 cm³/mol. The van der Waals surface area contributed by atoms with Crippen molar-refractivity contribution in [1.82, 2.24) is 15.1 Å². The Morgan fingerprint density at radius 1 is 1.14 bits per heavy atom. The number of rotatable bonds is 4. The predicted octanol–water partition coefficient (Wildman–Crippen LogP) is 2.40. The van der Waals surface area contributed by atoms with E-state index in [1.165, 1.54) is 51.6 Å². The Hall–Kier alpha value is -0.0400. The molecule has 5 heteroatoms. The number of nitrogens with zero attached hydrogens (tertiary/aromatic N) is 3. The zero-order chi connectivity index (χ0) is 13.9. The highest BCUT2D eigenvalue weighted by molar-refractivity contribution is 14.0. The molecule has 3 rings (SSSR count). The molecule has 2 atom stereocenters. The summed E-state index contributed by atoms with van der Waals surface area (Å²) >= 11 is 0. The minimum Gasteiger partial charge on any atom is -0.355 e. The van der Waals surface area contributed by atoms with Gasteiger partial charge in [-0.05, 0) is 44.6 Å². The minimum absolute atomic E-state index is 0. The van der Waals surface area contributed by atoms with Gasteiger partial charge in [0.05, 0.1) is 0 Å². The molecule has 1 saturated heterocycles. The highest BCUT2D eigenvalue weighted by Gasteiger charge is 2.35. The van der Waals surface area contributed by atoms with Gasteiger partial charge in [0.25, 0.3) is 0 Å². The van der Waals surface area contributed by atoms with E-state index in [0.717, 1.165) is 36.9 Å². The van der Waals surface area contributed by atoms with Crippen LogP contribution in [0, 0.1) is 11.8 Å². The van der Waals surface area contributed by atoms with Crippen LogP contribution in [-0.4, -0.2) is 62.1 Å². The second-order valence-electron chi connectivity index (χ2n) is 6.90. The van der Waals surface area contributed by atoms with Crippen LogP contribution in [0.4, 0.5) is 0 Å². The van der Waals surface area contributed by atoms with Gasteiger partial charge in [0.15, 0.2) is 5.96 Å². The maximum atomic E-state index is 4.50. The lowest BCUT2D eigenvalue weighted by Gasteiger charge is -2.23. The van der Waals surface area contributed by atoms with Gasteiger partial charge in [-0.25, -0.2) is 0 Å². The molecule has 0 radical (unpaired) electrons. The van der Waals surface area contributed by atoms with Gasteiger partial charge in [0, 0.05) is 39.3 Å². The molecule has 1 N–H and O–H groups in total. The van der Waals surface area contributed by atoms with Crippen molar-refractivity contribution in [2.75, 3.05) is 40.3 Å². The van der Waals surface area contributed by atoms with E-state index >= 15 is 0 Å². The molecule has 2 unspecified atom stereocenters. The van der Waals surface area contributed by atoms with Crippen molar-refractivity contribution in [3.8, 4) is 0 Å². The summed E-state index contributed by atoms with van der Waals surface area (Å²) in [4.78, 5) is 9.47. The lowest BCUT2D eigenvalue weighted by Crippen LogP contribution is -2.43. The topological polar surface area (TPSA) is 30.9 Å². The number of guanidine groups is 1. The smallest absolute Gasteiger partial charge is 0.193 e. The lowest BCUT2D eigenvalue weighted by atomic mass is 9.82. The number of hydrogen-bond acceptors (Lipinski definition) is 2. The summed E-state index contributed by atoms with van der Waals surface area (Å²) in [6.45, 7) is 4.60. The van der Waals surface area contributed by atoms with Crippen LogP contribution < -0.4 is 5.32 Å². The highest BCUT2D eigenvalue weighted by Crippen LogP contribution is 2.35. The summed E-state index contributed by atoms with van der Waals surface area (Å²) in [6, 6.07) is 0.855. The molecule has 21 heavy (non-hydrogen) atoms. The SMILES string of the molecule is CN=C(NCCN(C)C1CC1)N1CC2CCCCC2C1.I.